The lowest BCUT2D eigenvalue weighted by Gasteiger charge is -2.23. The molecule has 0 aromatic carbocycles. The highest BCUT2D eigenvalue weighted by molar-refractivity contribution is 5.88. The minimum Gasteiger partial charge on any atom is -0.368 e. The first-order valence-corrected chi connectivity index (χ1v) is 4.94. The Labute approximate surface area is 83.4 Å². The van der Waals surface area contributed by atoms with Gasteiger partial charge in [0.1, 0.15) is 6.04 Å². The van der Waals surface area contributed by atoms with Crippen molar-refractivity contribution in [3.63, 3.8) is 0 Å². The summed E-state index contributed by atoms with van der Waals surface area (Å²) in [4.78, 5) is 22.2. The number of carbonyl (C=O) groups is 2. The number of hydrogen-bond donors (Lipinski definition) is 3. The van der Waals surface area contributed by atoms with Crippen molar-refractivity contribution in [1.29, 1.82) is 0 Å². The average Bonchev–Trinajstić information content (AvgIpc) is 2.19. The Bertz CT molecular complexity index is 224. The fourth-order valence-electron chi connectivity index (χ4n) is 1.46. The van der Waals surface area contributed by atoms with Gasteiger partial charge in [0, 0.05) is 0 Å². The number of rotatable bonds is 3. The van der Waals surface area contributed by atoms with Gasteiger partial charge in [0.05, 0.1) is 6.04 Å². The van der Waals surface area contributed by atoms with Gasteiger partial charge in [-0.1, -0.05) is 6.42 Å². The van der Waals surface area contributed by atoms with Gasteiger partial charge in [-0.3, -0.25) is 9.59 Å². The third-order valence-corrected chi connectivity index (χ3v) is 2.41. The molecule has 14 heavy (non-hydrogen) atoms. The predicted molar refractivity (Wildman–Crippen MR) is 52.4 cm³/mol. The molecule has 0 bridgehead atoms. The Balaban J connectivity index is 2.36. The first-order valence-electron chi connectivity index (χ1n) is 4.94. The maximum Gasteiger partial charge on any atom is 0.239 e. The first kappa shape index (κ1) is 11.0. The lowest BCUT2D eigenvalue weighted by atomic mass is 10.0. The SMILES string of the molecule is C[C@H](NC(=O)[C@@H]1CCCCN1)C(N)=O. The fourth-order valence-corrected chi connectivity index (χ4v) is 1.46. The van der Waals surface area contributed by atoms with Crippen molar-refractivity contribution in [3.05, 3.63) is 0 Å². The van der Waals surface area contributed by atoms with Gasteiger partial charge in [0.15, 0.2) is 0 Å². The normalized spacial score (nSPS) is 23.9. The first-order chi connectivity index (χ1) is 6.61. The van der Waals surface area contributed by atoms with E-state index in [1.165, 1.54) is 0 Å². The van der Waals surface area contributed by atoms with Crippen LogP contribution in [0.5, 0.6) is 0 Å². The molecule has 80 valence electrons. The zero-order chi connectivity index (χ0) is 10.6. The van der Waals surface area contributed by atoms with Crippen molar-refractivity contribution in [2.45, 2.75) is 38.3 Å². The third kappa shape index (κ3) is 2.99. The van der Waals surface area contributed by atoms with Crippen molar-refractivity contribution < 1.29 is 9.59 Å². The van der Waals surface area contributed by atoms with Crippen LogP contribution in [0.15, 0.2) is 0 Å². The largest absolute Gasteiger partial charge is 0.368 e. The van der Waals surface area contributed by atoms with E-state index in [4.69, 9.17) is 5.73 Å². The van der Waals surface area contributed by atoms with E-state index < -0.39 is 11.9 Å². The van der Waals surface area contributed by atoms with Crippen molar-refractivity contribution in [3.8, 4) is 0 Å². The molecule has 2 atom stereocenters. The number of piperidine rings is 1. The fraction of sp³-hybridized carbons (Fsp3) is 0.778. The average molecular weight is 199 g/mol. The maximum atomic E-state index is 11.5. The number of nitrogens with two attached hydrogens (primary N) is 1. The smallest absolute Gasteiger partial charge is 0.239 e. The molecule has 0 radical (unpaired) electrons. The summed E-state index contributed by atoms with van der Waals surface area (Å²) < 4.78 is 0. The van der Waals surface area contributed by atoms with E-state index in [1.54, 1.807) is 6.92 Å². The van der Waals surface area contributed by atoms with Gasteiger partial charge in [0.25, 0.3) is 0 Å². The summed E-state index contributed by atoms with van der Waals surface area (Å²) in [5.74, 6) is -0.634. The zero-order valence-electron chi connectivity index (χ0n) is 8.38. The van der Waals surface area contributed by atoms with Crippen LogP contribution in [-0.4, -0.2) is 30.4 Å². The van der Waals surface area contributed by atoms with Crippen LogP contribution < -0.4 is 16.4 Å². The van der Waals surface area contributed by atoms with Crippen molar-refractivity contribution in [2.24, 2.45) is 5.73 Å². The molecule has 0 spiro atoms. The van der Waals surface area contributed by atoms with Crippen LogP contribution in [0.3, 0.4) is 0 Å². The van der Waals surface area contributed by atoms with E-state index in [9.17, 15) is 9.59 Å². The highest BCUT2D eigenvalue weighted by Gasteiger charge is 2.22. The van der Waals surface area contributed by atoms with Crippen molar-refractivity contribution >= 4 is 11.8 Å². The standard InChI is InChI=1S/C9H17N3O2/c1-6(8(10)13)12-9(14)7-4-2-3-5-11-7/h6-7,11H,2-5H2,1H3,(H2,10,13)(H,12,14)/t6-,7-/m0/s1. The van der Waals surface area contributed by atoms with Gasteiger partial charge < -0.3 is 16.4 Å². The number of carbonyl (C=O) groups excluding carboxylic acids is 2. The van der Waals surface area contributed by atoms with E-state index in [1.807, 2.05) is 0 Å². The second kappa shape index (κ2) is 4.95. The van der Waals surface area contributed by atoms with E-state index in [2.05, 4.69) is 10.6 Å². The van der Waals surface area contributed by atoms with Gasteiger partial charge in [-0.2, -0.15) is 0 Å². The molecular weight excluding hydrogens is 182 g/mol. The summed E-state index contributed by atoms with van der Waals surface area (Å²) in [5.41, 5.74) is 5.04. The Morgan fingerprint density at radius 2 is 2.21 bits per heavy atom. The summed E-state index contributed by atoms with van der Waals surface area (Å²) in [6.45, 7) is 2.45. The lowest BCUT2D eigenvalue weighted by molar-refractivity contribution is -0.128. The Kier molecular flexibility index (Phi) is 3.88. The monoisotopic (exact) mass is 199 g/mol. The van der Waals surface area contributed by atoms with Gasteiger partial charge in [0.2, 0.25) is 11.8 Å². The summed E-state index contributed by atoms with van der Waals surface area (Å²) in [6.07, 6.45) is 2.99. The minimum absolute atomic E-state index is 0.129. The Morgan fingerprint density at radius 3 is 2.71 bits per heavy atom. The third-order valence-electron chi connectivity index (χ3n) is 2.41. The van der Waals surface area contributed by atoms with Crippen LogP contribution >= 0.6 is 0 Å². The van der Waals surface area contributed by atoms with E-state index in [0.717, 1.165) is 25.8 Å². The molecule has 1 heterocycles. The van der Waals surface area contributed by atoms with Crippen LogP contribution in [0, 0.1) is 0 Å². The van der Waals surface area contributed by atoms with Crippen LogP contribution in [0.4, 0.5) is 0 Å². The van der Waals surface area contributed by atoms with Crippen molar-refractivity contribution in [1.82, 2.24) is 10.6 Å². The molecule has 5 nitrogen and oxygen atoms in total. The van der Waals surface area contributed by atoms with Gasteiger partial charge in [-0.15, -0.1) is 0 Å². The van der Waals surface area contributed by atoms with Crippen LogP contribution in [0.2, 0.25) is 0 Å². The summed E-state index contributed by atoms with van der Waals surface area (Å²) in [6, 6.07) is -0.753. The molecule has 1 rings (SSSR count). The van der Waals surface area contributed by atoms with Crippen molar-refractivity contribution in [2.75, 3.05) is 6.54 Å². The Hall–Kier alpha value is -1.10. The molecule has 2 amide bonds. The lowest BCUT2D eigenvalue weighted by Crippen LogP contribution is -2.51. The quantitative estimate of drug-likeness (QED) is 0.552. The molecule has 1 fully saturated rings. The highest BCUT2D eigenvalue weighted by Crippen LogP contribution is 2.06. The topological polar surface area (TPSA) is 84.2 Å². The van der Waals surface area contributed by atoms with E-state index in [0.29, 0.717) is 0 Å². The number of hydrogen-bond acceptors (Lipinski definition) is 3. The van der Waals surface area contributed by atoms with Gasteiger partial charge in [-0.05, 0) is 26.3 Å². The van der Waals surface area contributed by atoms with E-state index >= 15 is 0 Å². The van der Waals surface area contributed by atoms with Crippen LogP contribution in [-0.2, 0) is 9.59 Å². The van der Waals surface area contributed by atoms with Crippen LogP contribution in [0.1, 0.15) is 26.2 Å². The Morgan fingerprint density at radius 1 is 1.50 bits per heavy atom. The molecule has 1 aliphatic rings. The molecule has 0 aliphatic carbocycles. The maximum absolute atomic E-state index is 11.5. The van der Waals surface area contributed by atoms with Gasteiger partial charge in [-0.25, -0.2) is 0 Å². The summed E-state index contributed by atoms with van der Waals surface area (Å²) in [7, 11) is 0. The molecule has 0 aromatic rings. The molecular formula is C9H17N3O2. The molecule has 4 N–H and O–H groups in total. The molecule has 1 saturated heterocycles. The second-order valence-corrected chi connectivity index (χ2v) is 3.64. The van der Waals surface area contributed by atoms with Crippen LogP contribution in [0.25, 0.3) is 0 Å². The molecule has 0 unspecified atom stereocenters. The molecule has 5 heteroatoms. The highest BCUT2D eigenvalue weighted by atomic mass is 16.2. The number of amides is 2. The predicted octanol–water partition coefficient (Wildman–Crippen LogP) is -0.881. The zero-order valence-corrected chi connectivity index (χ0v) is 8.38. The number of primary amides is 1. The second-order valence-electron chi connectivity index (χ2n) is 3.64. The molecule has 1 aliphatic heterocycles. The molecule has 0 aromatic heterocycles. The summed E-state index contributed by atoms with van der Waals surface area (Å²) >= 11 is 0. The molecule has 0 saturated carbocycles. The summed E-state index contributed by atoms with van der Waals surface area (Å²) in [5, 5.41) is 5.67. The van der Waals surface area contributed by atoms with Gasteiger partial charge >= 0.3 is 0 Å². The van der Waals surface area contributed by atoms with E-state index in [-0.39, 0.29) is 11.9 Å². The minimum atomic E-state index is -0.591. The number of nitrogens with one attached hydrogen (secondary N) is 2.